The molecule has 2 aromatic carbocycles. The van der Waals surface area contributed by atoms with Gasteiger partial charge in [0.15, 0.2) is 11.5 Å². The molecule has 0 spiro atoms. The van der Waals surface area contributed by atoms with Crippen LogP contribution in [0.4, 0.5) is 0 Å². The lowest BCUT2D eigenvalue weighted by Gasteiger charge is -2.12. The number of rotatable bonds is 4. The summed E-state index contributed by atoms with van der Waals surface area (Å²) in [6, 6.07) is 8.70. The van der Waals surface area contributed by atoms with Gasteiger partial charge < -0.3 is 4.18 Å². The second-order valence-corrected chi connectivity index (χ2v) is 7.50. The van der Waals surface area contributed by atoms with E-state index in [0.717, 1.165) is 0 Å². The van der Waals surface area contributed by atoms with Gasteiger partial charge in [0, 0.05) is 4.47 Å². The summed E-state index contributed by atoms with van der Waals surface area (Å²) in [6.07, 6.45) is 0. The second-order valence-electron chi connectivity index (χ2n) is 4.28. The smallest absolute Gasteiger partial charge is 0.342 e. The number of Topliss-reactive ketones (excluding diaryl/α,β-unsaturated/α-hetero) is 1. The molecule has 116 valence electrons. The fourth-order valence-corrected chi connectivity index (χ4v) is 4.14. The second kappa shape index (κ2) is 6.58. The van der Waals surface area contributed by atoms with Gasteiger partial charge in [-0.05, 0) is 37.3 Å². The van der Waals surface area contributed by atoms with Gasteiger partial charge >= 0.3 is 10.1 Å². The maximum absolute atomic E-state index is 12.4. The van der Waals surface area contributed by atoms with Crippen molar-refractivity contribution in [2.45, 2.75) is 11.8 Å². The molecule has 0 unspecified atom stereocenters. The Morgan fingerprint density at radius 1 is 1.14 bits per heavy atom. The molecule has 2 aromatic rings. The van der Waals surface area contributed by atoms with Gasteiger partial charge in [0.05, 0.1) is 15.6 Å². The predicted molar refractivity (Wildman–Crippen MR) is 88.4 cm³/mol. The summed E-state index contributed by atoms with van der Waals surface area (Å²) >= 11 is 15.0. The zero-order valence-electron chi connectivity index (χ0n) is 11.1. The van der Waals surface area contributed by atoms with E-state index in [1.807, 2.05) is 0 Å². The molecule has 0 aromatic heterocycles. The Kier molecular flexibility index (Phi) is 5.17. The molecule has 0 aliphatic heterocycles. The van der Waals surface area contributed by atoms with Crippen molar-refractivity contribution in [2.75, 3.05) is 0 Å². The number of benzene rings is 2. The molecular formula is C14H9BrCl2O4S. The minimum atomic E-state index is -4.27. The monoisotopic (exact) mass is 422 g/mol. The fraction of sp³-hybridized carbons (Fsp3) is 0.0714. The van der Waals surface area contributed by atoms with Crippen molar-refractivity contribution in [2.24, 2.45) is 0 Å². The van der Waals surface area contributed by atoms with Crippen LogP contribution in [0.2, 0.25) is 10.0 Å². The average Bonchev–Trinajstić information content (AvgIpc) is 2.39. The van der Waals surface area contributed by atoms with Crippen LogP contribution in [-0.2, 0) is 10.1 Å². The van der Waals surface area contributed by atoms with Gasteiger partial charge in [0.25, 0.3) is 0 Å². The Balaban J connectivity index is 2.53. The summed E-state index contributed by atoms with van der Waals surface area (Å²) in [7, 11) is -4.27. The number of hydrogen-bond donors (Lipinski definition) is 0. The molecule has 0 aliphatic rings. The SMILES string of the molecule is CC(=O)c1cc(Br)ccc1OS(=O)(=O)c1c(Cl)cccc1Cl. The minimum Gasteiger partial charge on any atom is -0.378 e. The summed E-state index contributed by atoms with van der Waals surface area (Å²) in [5.74, 6) is -0.427. The Bertz CT molecular complexity index is 830. The molecule has 0 heterocycles. The lowest BCUT2D eigenvalue weighted by atomic mass is 10.1. The van der Waals surface area contributed by atoms with Gasteiger partial charge in [-0.3, -0.25) is 4.79 Å². The summed E-state index contributed by atoms with van der Waals surface area (Å²) in [4.78, 5) is 11.3. The van der Waals surface area contributed by atoms with Crippen LogP contribution in [0.15, 0.2) is 45.8 Å². The minimum absolute atomic E-state index is 0.0611. The van der Waals surface area contributed by atoms with E-state index < -0.39 is 10.1 Å². The Morgan fingerprint density at radius 2 is 1.73 bits per heavy atom. The lowest BCUT2D eigenvalue weighted by Crippen LogP contribution is -2.13. The first-order valence-corrected chi connectivity index (χ1v) is 8.87. The molecule has 0 amide bonds. The molecule has 8 heteroatoms. The Morgan fingerprint density at radius 3 is 2.27 bits per heavy atom. The highest BCUT2D eigenvalue weighted by Gasteiger charge is 2.25. The van der Waals surface area contributed by atoms with Gasteiger partial charge in [-0.15, -0.1) is 0 Å². The first-order valence-electron chi connectivity index (χ1n) is 5.91. The largest absolute Gasteiger partial charge is 0.378 e. The van der Waals surface area contributed by atoms with Crippen molar-refractivity contribution in [3.63, 3.8) is 0 Å². The molecule has 0 saturated carbocycles. The van der Waals surface area contributed by atoms with Gasteiger partial charge in [0.2, 0.25) is 0 Å². The summed E-state index contributed by atoms with van der Waals surface area (Å²) in [5, 5.41) is -0.122. The summed E-state index contributed by atoms with van der Waals surface area (Å²) in [5.41, 5.74) is 0.126. The highest BCUT2D eigenvalue weighted by atomic mass is 79.9. The maximum Gasteiger partial charge on any atom is 0.342 e. The zero-order valence-corrected chi connectivity index (χ0v) is 15.1. The van der Waals surface area contributed by atoms with Crippen LogP contribution in [0, 0.1) is 0 Å². The highest BCUT2D eigenvalue weighted by molar-refractivity contribution is 9.10. The van der Waals surface area contributed by atoms with Crippen molar-refractivity contribution in [3.8, 4) is 5.75 Å². The van der Waals surface area contributed by atoms with Crippen molar-refractivity contribution in [3.05, 3.63) is 56.5 Å². The normalized spacial score (nSPS) is 11.3. The molecular weight excluding hydrogens is 415 g/mol. The molecule has 0 aliphatic carbocycles. The Hall–Kier alpha value is -1.08. The van der Waals surface area contributed by atoms with E-state index in [2.05, 4.69) is 15.9 Å². The van der Waals surface area contributed by atoms with Gasteiger partial charge in [0.1, 0.15) is 4.90 Å². The van der Waals surface area contributed by atoms with E-state index in [1.165, 1.54) is 37.3 Å². The van der Waals surface area contributed by atoms with Crippen LogP contribution in [-0.4, -0.2) is 14.2 Å². The third kappa shape index (κ3) is 3.63. The van der Waals surface area contributed by atoms with E-state index in [4.69, 9.17) is 27.4 Å². The third-order valence-electron chi connectivity index (χ3n) is 2.69. The number of carbonyl (C=O) groups is 1. The van der Waals surface area contributed by atoms with Gasteiger partial charge in [-0.25, -0.2) is 0 Å². The standard InChI is InChI=1S/C14H9BrCl2O4S/c1-8(18)10-7-9(15)5-6-13(10)21-22(19,20)14-11(16)3-2-4-12(14)17/h2-7H,1H3. The van der Waals surface area contributed by atoms with Crippen LogP contribution in [0.25, 0.3) is 0 Å². The maximum atomic E-state index is 12.4. The van der Waals surface area contributed by atoms with Crippen LogP contribution in [0.1, 0.15) is 17.3 Å². The number of ketones is 1. The zero-order chi connectivity index (χ0) is 16.5. The molecule has 2 rings (SSSR count). The summed E-state index contributed by atoms with van der Waals surface area (Å²) < 4.78 is 30.5. The Labute approximate surface area is 146 Å². The van der Waals surface area contributed by atoms with E-state index in [0.29, 0.717) is 4.47 Å². The molecule has 4 nitrogen and oxygen atoms in total. The first kappa shape index (κ1) is 17.3. The van der Waals surface area contributed by atoms with Crippen LogP contribution in [0.3, 0.4) is 0 Å². The molecule has 22 heavy (non-hydrogen) atoms. The molecule has 0 N–H and O–H groups in total. The molecule has 0 saturated heterocycles. The van der Waals surface area contributed by atoms with Crippen molar-refractivity contribution in [1.82, 2.24) is 0 Å². The highest BCUT2D eigenvalue weighted by Crippen LogP contribution is 2.33. The average molecular weight is 424 g/mol. The molecule has 0 fully saturated rings. The van der Waals surface area contributed by atoms with Crippen molar-refractivity contribution < 1.29 is 17.4 Å². The topological polar surface area (TPSA) is 60.4 Å². The number of hydrogen-bond acceptors (Lipinski definition) is 4. The van der Waals surface area contributed by atoms with E-state index >= 15 is 0 Å². The van der Waals surface area contributed by atoms with Gasteiger partial charge in [-0.2, -0.15) is 8.42 Å². The first-order chi connectivity index (χ1) is 10.2. The van der Waals surface area contributed by atoms with E-state index in [9.17, 15) is 13.2 Å². The molecule has 0 atom stereocenters. The van der Waals surface area contributed by atoms with Crippen LogP contribution >= 0.6 is 39.1 Å². The molecule has 0 radical (unpaired) electrons. The number of carbonyl (C=O) groups excluding carboxylic acids is 1. The fourth-order valence-electron chi connectivity index (χ4n) is 1.73. The summed E-state index contributed by atoms with van der Waals surface area (Å²) in [6.45, 7) is 1.31. The number of halogens is 3. The van der Waals surface area contributed by atoms with E-state index in [1.54, 1.807) is 6.07 Å². The quantitative estimate of drug-likeness (QED) is 0.527. The molecule has 0 bridgehead atoms. The van der Waals surface area contributed by atoms with Crippen LogP contribution in [0.5, 0.6) is 5.75 Å². The van der Waals surface area contributed by atoms with Gasteiger partial charge in [-0.1, -0.05) is 45.2 Å². The van der Waals surface area contributed by atoms with Crippen molar-refractivity contribution >= 4 is 55.0 Å². The van der Waals surface area contributed by atoms with E-state index in [-0.39, 0.29) is 32.0 Å². The lowest BCUT2D eigenvalue weighted by molar-refractivity contribution is 0.101. The van der Waals surface area contributed by atoms with Crippen LogP contribution < -0.4 is 4.18 Å². The third-order valence-corrected chi connectivity index (χ3v) is 5.38. The predicted octanol–water partition coefficient (Wildman–Crippen LogP) is 4.73. The van der Waals surface area contributed by atoms with Crippen molar-refractivity contribution in [1.29, 1.82) is 0 Å².